The number of nitrogens with zero attached hydrogens (tertiary/aromatic N) is 4. The van der Waals surface area contributed by atoms with Crippen LogP contribution in [0.25, 0.3) is 10.4 Å². The van der Waals surface area contributed by atoms with E-state index in [2.05, 4.69) is 16.6 Å². The summed E-state index contributed by atoms with van der Waals surface area (Å²) < 4.78 is 12.2. The van der Waals surface area contributed by atoms with Gasteiger partial charge in [0.1, 0.15) is 0 Å². The topological polar surface area (TPSA) is 137 Å². The number of hydrogen-bond donors (Lipinski definition) is 2. The van der Waals surface area contributed by atoms with Crippen LogP contribution >= 0.6 is 0 Å². The highest BCUT2D eigenvalue weighted by atomic mass is 16.5. The summed E-state index contributed by atoms with van der Waals surface area (Å²) in [6.07, 6.45) is 8.66. The van der Waals surface area contributed by atoms with Gasteiger partial charge in [-0.25, -0.2) is 9.79 Å². The Hall–Kier alpha value is -2.35. The molecule has 2 N–H and O–H groups in total. The lowest BCUT2D eigenvalue weighted by atomic mass is 9.78. The average molecular weight is 447 g/mol. The first-order valence-corrected chi connectivity index (χ1v) is 11.6. The first-order chi connectivity index (χ1) is 15.6. The number of carbonyl (C=O) groups is 1. The summed E-state index contributed by atoms with van der Waals surface area (Å²) in [6, 6.07) is 0. The molecule has 3 rings (SSSR count). The molecule has 0 saturated heterocycles. The highest BCUT2D eigenvalue weighted by Gasteiger charge is 2.54. The molecule has 3 aliphatic rings. The molecule has 0 bridgehead atoms. The second-order valence-electron chi connectivity index (χ2n) is 8.82. The quantitative estimate of drug-likeness (QED) is 0.160. The largest absolute Gasteiger partial charge is 0.479 e. The van der Waals surface area contributed by atoms with Gasteiger partial charge in [0.15, 0.2) is 12.0 Å². The SMILES string of the molecule is C=CC[C@@]1(C(=O)O)N=C(C2CCC(OCCCO)CC2)O[C@@H]1C1=C(CN=[N+]=[N-])CCCC1. The third kappa shape index (κ3) is 5.34. The zero-order valence-electron chi connectivity index (χ0n) is 18.6. The Morgan fingerprint density at radius 1 is 1.34 bits per heavy atom. The van der Waals surface area contributed by atoms with Crippen molar-refractivity contribution in [1.82, 2.24) is 0 Å². The fourth-order valence-electron chi connectivity index (χ4n) is 5.06. The molecule has 176 valence electrons. The maximum absolute atomic E-state index is 12.5. The zero-order valence-corrected chi connectivity index (χ0v) is 18.6. The number of aliphatic hydroxyl groups excluding tert-OH is 1. The molecule has 32 heavy (non-hydrogen) atoms. The fourth-order valence-corrected chi connectivity index (χ4v) is 5.06. The Bertz CT molecular complexity index is 796. The van der Waals surface area contributed by atoms with Crippen LogP contribution in [0.5, 0.6) is 0 Å². The Morgan fingerprint density at radius 3 is 2.75 bits per heavy atom. The third-order valence-corrected chi connectivity index (χ3v) is 6.76. The maximum atomic E-state index is 12.5. The zero-order chi connectivity index (χ0) is 23.0. The van der Waals surface area contributed by atoms with Crippen molar-refractivity contribution in [3.63, 3.8) is 0 Å². The van der Waals surface area contributed by atoms with Gasteiger partial charge >= 0.3 is 5.97 Å². The van der Waals surface area contributed by atoms with Gasteiger partial charge in [0, 0.05) is 37.0 Å². The van der Waals surface area contributed by atoms with Crippen molar-refractivity contribution in [2.24, 2.45) is 16.0 Å². The highest BCUT2D eigenvalue weighted by molar-refractivity contribution is 5.91. The van der Waals surface area contributed by atoms with Gasteiger partial charge in [-0.1, -0.05) is 16.8 Å². The average Bonchev–Trinajstić information content (AvgIpc) is 3.19. The second-order valence-corrected chi connectivity index (χ2v) is 8.82. The molecule has 0 aromatic rings. The lowest BCUT2D eigenvalue weighted by Gasteiger charge is -2.32. The molecule has 0 unspecified atom stereocenters. The third-order valence-electron chi connectivity index (χ3n) is 6.76. The molecule has 0 spiro atoms. The number of aliphatic hydroxyl groups is 1. The van der Waals surface area contributed by atoms with E-state index in [0.29, 0.717) is 18.9 Å². The standard InChI is InChI=1S/C23H34N4O5/c1-2-12-23(22(29)30)20(19-7-4-3-6-17(19)15-25-27-24)32-21(26-23)16-8-10-18(11-9-16)31-14-5-13-28/h2,16,18,20,28H,1,3-15H2,(H,29,30)/t16?,18?,20-,23-/m1/s1. The molecule has 9 nitrogen and oxygen atoms in total. The van der Waals surface area contributed by atoms with Gasteiger partial charge < -0.3 is 19.7 Å². The number of ether oxygens (including phenoxy) is 2. The summed E-state index contributed by atoms with van der Waals surface area (Å²) in [4.78, 5) is 20.1. The molecule has 0 amide bonds. The van der Waals surface area contributed by atoms with E-state index < -0.39 is 17.6 Å². The van der Waals surface area contributed by atoms with Gasteiger partial charge in [-0.3, -0.25) is 0 Å². The first kappa shape index (κ1) is 24.3. The van der Waals surface area contributed by atoms with Crippen molar-refractivity contribution >= 4 is 11.9 Å². The normalized spacial score (nSPS) is 30.3. The summed E-state index contributed by atoms with van der Waals surface area (Å²) in [5.74, 6) is -0.431. The predicted molar refractivity (Wildman–Crippen MR) is 120 cm³/mol. The van der Waals surface area contributed by atoms with Crippen LogP contribution < -0.4 is 0 Å². The van der Waals surface area contributed by atoms with Crippen molar-refractivity contribution in [1.29, 1.82) is 0 Å². The number of azide groups is 1. The first-order valence-electron chi connectivity index (χ1n) is 11.6. The van der Waals surface area contributed by atoms with Crippen molar-refractivity contribution in [2.75, 3.05) is 19.8 Å². The van der Waals surface area contributed by atoms with Gasteiger partial charge in [0.2, 0.25) is 5.54 Å². The van der Waals surface area contributed by atoms with Gasteiger partial charge in [-0.15, -0.1) is 6.58 Å². The maximum Gasteiger partial charge on any atom is 0.336 e. The molecular weight excluding hydrogens is 412 g/mol. The summed E-state index contributed by atoms with van der Waals surface area (Å²) in [6.45, 7) is 4.69. The van der Waals surface area contributed by atoms with E-state index in [1.807, 2.05) is 0 Å². The van der Waals surface area contributed by atoms with E-state index in [1.54, 1.807) is 6.08 Å². The van der Waals surface area contributed by atoms with E-state index in [-0.39, 0.29) is 31.6 Å². The van der Waals surface area contributed by atoms with Crippen LogP contribution in [-0.4, -0.2) is 59.6 Å². The minimum Gasteiger partial charge on any atom is -0.479 e. The van der Waals surface area contributed by atoms with E-state index >= 15 is 0 Å². The summed E-state index contributed by atoms with van der Waals surface area (Å²) in [7, 11) is 0. The van der Waals surface area contributed by atoms with E-state index in [4.69, 9.17) is 25.1 Å². The van der Waals surface area contributed by atoms with E-state index in [1.165, 1.54) is 0 Å². The molecule has 1 heterocycles. The van der Waals surface area contributed by atoms with Gasteiger partial charge in [0.05, 0.1) is 6.10 Å². The van der Waals surface area contributed by atoms with Crippen molar-refractivity contribution in [2.45, 2.75) is 82.0 Å². The monoisotopic (exact) mass is 446 g/mol. The van der Waals surface area contributed by atoms with Crippen molar-refractivity contribution in [3.8, 4) is 0 Å². The molecule has 0 aromatic carbocycles. The summed E-state index contributed by atoms with van der Waals surface area (Å²) in [5, 5.41) is 22.9. The molecule has 1 aliphatic heterocycles. The van der Waals surface area contributed by atoms with Gasteiger partial charge in [-0.2, -0.15) is 0 Å². The van der Waals surface area contributed by atoms with Crippen LogP contribution in [0.4, 0.5) is 0 Å². The Balaban J connectivity index is 1.83. The summed E-state index contributed by atoms with van der Waals surface area (Å²) in [5.41, 5.74) is 9.25. The number of aliphatic imine (C=N–C) groups is 1. The van der Waals surface area contributed by atoms with Crippen LogP contribution in [0, 0.1) is 5.92 Å². The van der Waals surface area contributed by atoms with Crippen molar-refractivity contribution in [3.05, 3.63) is 34.2 Å². The molecule has 2 atom stereocenters. The number of aliphatic carboxylic acids is 1. The second kappa shape index (κ2) is 11.5. The highest BCUT2D eigenvalue weighted by Crippen LogP contribution is 2.43. The van der Waals surface area contributed by atoms with Gasteiger partial charge in [0.25, 0.3) is 0 Å². The summed E-state index contributed by atoms with van der Waals surface area (Å²) >= 11 is 0. The van der Waals surface area contributed by atoms with E-state index in [9.17, 15) is 9.90 Å². The number of carboxylic acids is 1. The molecule has 9 heteroatoms. The minimum atomic E-state index is -1.43. The van der Waals surface area contributed by atoms with Crippen LogP contribution in [0.15, 0.2) is 33.9 Å². The Kier molecular flexibility index (Phi) is 8.73. The number of hydrogen-bond acceptors (Lipinski definition) is 6. The smallest absolute Gasteiger partial charge is 0.336 e. The predicted octanol–water partition coefficient (Wildman–Crippen LogP) is 4.32. The lowest BCUT2D eigenvalue weighted by Crippen LogP contribution is -2.47. The van der Waals surface area contributed by atoms with Gasteiger partial charge in [-0.05, 0) is 68.9 Å². The van der Waals surface area contributed by atoms with Crippen LogP contribution in [0.1, 0.15) is 64.2 Å². The van der Waals surface area contributed by atoms with Crippen LogP contribution in [-0.2, 0) is 14.3 Å². The van der Waals surface area contributed by atoms with E-state index in [0.717, 1.165) is 62.5 Å². The number of carboxylic acid groups (broad SMARTS) is 1. The molecule has 1 saturated carbocycles. The molecule has 1 fully saturated rings. The fraction of sp³-hybridized carbons (Fsp3) is 0.739. The van der Waals surface area contributed by atoms with Crippen molar-refractivity contribution < 1.29 is 24.5 Å². The Labute approximate surface area is 188 Å². The van der Waals surface area contributed by atoms with Crippen LogP contribution in [0.3, 0.4) is 0 Å². The molecule has 2 aliphatic carbocycles. The minimum absolute atomic E-state index is 0.0611. The molecular formula is C23H34N4O5. The molecule has 0 aromatic heterocycles. The van der Waals surface area contributed by atoms with Crippen LogP contribution in [0.2, 0.25) is 0 Å². The Morgan fingerprint density at radius 2 is 2.09 bits per heavy atom. The lowest BCUT2D eigenvalue weighted by molar-refractivity contribution is -0.145. The molecule has 0 radical (unpaired) electrons. The number of rotatable bonds is 11.